The molecule has 0 amide bonds. The van der Waals surface area contributed by atoms with Gasteiger partial charge in [0.1, 0.15) is 0 Å². The first-order valence-electron chi connectivity index (χ1n) is 6.24. The molecule has 3 heteroatoms. The van der Waals surface area contributed by atoms with Gasteiger partial charge in [-0.25, -0.2) is 0 Å². The van der Waals surface area contributed by atoms with Crippen molar-refractivity contribution in [2.45, 2.75) is 31.1 Å². The third-order valence-electron chi connectivity index (χ3n) is 3.26. The summed E-state index contributed by atoms with van der Waals surface area (Å²) in [6.45, 7) is 4.01. The average molecular weight is 251 g/mol. The average Bonchev–Trinajstić information content (AvgIpc) is 2.30. The predicted molar refractivity (Wildman–Crippen MR) is 74.4 cm³/mol. The highest BCUT2D eigenvalue weighted by atomic mass is 32.2. The van der Waals surface area contributed by atoms with E-state index in [2.05, 4.69) is 36.5 Å². The van der Waals surface area contributed by atoms with Crippen LogP contribution in [0, 0.1) is 6.92 Å². The van der Waals surface area contributed by atoms with Crippen LogP contribution >= 0.6 is 11.8 Å². The minimum atomic E-state index is -0.445. The molecule has 0 unspecified atom stereocenters. The molecule has 0 radical (unpaired) electrons. The van der Waals surface area contributed by atoms with Gasteiger partial charge < -0.3 is 10.4 Å². The smallest absolute Gasteiger partial charge is 0.0762 e. The molecule has 0 saturated carbocycles. The summed E-state index contributed by atoms with van der Waals surface area (Å²) in [6, 6.07) is 8.60. The van der Waals surface area contributed by atoms with Crippen LogP contribution in [0.4, 0.5) is 0 Å². The minimum absolute atomic E-state index is 0.445. The molecular weight excluding hydrogens is 230 g/mol. The zero-order chi connectivity index (χ0) is 12.1. The maximum absolute atomic E-state index is 10.3. The zero-order valence-electron chi connectivity index (χ0n) is 10.4. The highest BCUT2D eigenvalue weighted by molar-refractivity contribution is 7.98. The SMILES string of the molecule is Cc1cccc(CSCC2(O)CCNCC2)c1. The monoisotopic (exact) mass is 251 g/mol. The van der Waals surface area contributed by atoms with Crippen LogP contribution in [0.15, 0.2) is 24.3 Å². The lowest BCUT2D eigenvalue weighted by Crippen LogP contribution is -2.43. The van der Waals surface area contributed by atoms with E-state index in [9.17, 15) is 5.11 Å². The van der Waals surface area contributed by atoms with Crippen LogP contribution in [0.1, 0.15) is 24.0 Å². The van der Waals surface area contributed by atoms with Gasteiger partial charge in [-0.05, 0) is 38.4 Å². The Morgan fingerprint density at radius 2 is 2.12 bits per heavy atom. The molecule has 1 aromatic carbocycles. The Bertz CT molecular complexity index is 361. The summed E-state index contributed by atoms with van der Waals surface area (Å²) in [6.07, 6.45) is 1.77. The number of aryl methyl sites for hydroxylation is 1. The lowest BCUT2D eigenvalue weighted by atomic mass is 9.95. The molecule has 0 atom stereocenters. The molecule has 1 saturated heterocycles. The second-order valence-corrected chi connectivity index (χ2v) is 5.94. The summed E-state index contributed by atoms with van der Waals surface area (Å²) >= 11 is 1.84. The van der Waals surface area contributed by atoms with Crippen LogP contribution in [0.5, 0.6) is 0 Å². The number of thioether (sulfide) groups is 1. The van der Waals surface area contributed by atoms with Gasteiger partial charge >= 0.3 is 0 Å². The summed E-state index contributed by atoms with van der Waals surface area (Å²) in [5.41, 5.74) is 2.22. The number of piperidine rings is 1. The number of nitrogens with one attached hydrogen (secondary N) is 1. The molecule has 1 aromatic rings. The second-order valence-electron chi connectivity index (χ2n) is 4.96. The number of hydrogen-bond acceptors (Lipinski definition) is 3. The topological polar surface area (TPSA) is 32.3 Å². The first kappa shape index (κ1) is 12.9. The van der Waals surface area contributed by atoms with Crippen molar-refractivity contribution in [3.8, 4) is 0 Å². The Hall–Kier alpha value is -0.510. The normalized spacial score (nSPS) is 19.2. The first-order chi connectivity index (χ1) is 8.18. The van der Waals surface area contributed by atoms with Crippen molar-refractivity contribution in [2.75, 3.05) is 18.8 Å². The summed E-state index contributed by atoms with van der Waals surface area (Å²) in [4.78, 5) is 0. The molecule has 2 rings (SSSR count). The molecular formula is C14H21NOS. The molecule has 0 aromatic heterocycles. The van der Waals surface area contributed by atoms with Crippen molar-refractivity contribution < 1.29 is 5.11 Å². The molecule has 94 valence electrons. The molecule has 1 aliphatic heterocycles. The summed E-state index contributed by atoms with van der Waals surface area (Å²) < 4.78 is 0. The van der Waals surface area contributed by atoms with Crippen molar-refractivity contribution >= 4 is 11.8 Å². The third-order valence-corrected chi connectivity index (χ3v) is 4.54. The van der Waals surface area contributed by atoms with Gasteiger partial charge in [-0.1, -0.05) is 29.8 Å². The van der Waals surface area contributed by atoms with Crippen LogP contribution in [-0.2, 0) is 5.75 Å². The number of aliphatic hydroxyl groups is 1. The van der Waals surface area contributed by atoms with E-state index in [1.54, 1.807) is 0 Å². The van der Waals surface area contributed by atoms with Crippen molar-refractivity contribution in [1.29, 1.82) is 0 Å². The van der Waals surface area contributed by atoms with Crippen molar-refractivity contribution in [1.82, 2.24) is 5.32 Å². The third kappa shape index (κ3) is 4.02. The number of benzene rings is 1. The fourth-order valence-corrected chi connectivity index (χ4v) is 3.38. The molecule has 1 heterocycles. The summed E-state index contributed by atoms with van der Waals surface area (Å²) in [5.74, 6) is 1.85. The number of rotatable bonds is 4. The standard InChI is InChI=1S/C14H21NOS/c1-12-3-2-4-13(9-12)10-17-11-14(16)5-7-15-8-6-14/h2-4,9,15-16H,5-8,10-11H2,1H3. The molecule has 0 spiro atoms. The molecule has 0 bridgehead atoms. The molecule has 1 fully saturated rings. The van der Waals surface area contributed by atoms with Crippen LogP contribution in [0.2, 0.25) is 0 Å². The van der Waals surface area contributed by atoms with E-state index in [1.807, 2.05) is 11.8 Å². The molecule has 0 aliphatic carbocycles. The Balaban J connectivity index is 1.79. The first-order valence-corrected chi connectivity index (χ1v) is 7.40. The van der Waals surface area contributed by atoms with Crippen molar-refractivity contribution in [3.05, 3.63) is 35.4 Å². The second kappa shape index (κ2) is 5.89. The van der Waals surface area contributed by atoms with Gasteiger partial charge in [0.15, 0.2) is 0 Å². The van der Waals surface area contributed by atoms with Crippen LogP contribution in [0.25, 0.3) is 0 Å². The Morgan fingerprint density at radius 1 is 1.35 bits per heavy atom. The van der Waals surface area contributed by atoms with Crippen LogP contribution in [0.3, 0.4) is 0 Å². The van der Waals surface area contributed by atoms with E-state index < -0.39 is 5.60 Å². The Labute approximate surface area is 108 Å². The zero-order valence-corrected chi connectivity index (χ0v) is 11.2. The van der Waals surface area contributed by atoms with Gasteiger partial charge in [-0.15, -0.1) is 0 Å². The van der Waals surface area contributed by atoms with Gasteiger partial charge in [0, 0.05) is 11.5 Å². The maximum atomic E-state index is 10.3. The van der Waals surface area contributed by atoms with E-state index in [0.717, 1.165) is 37.4 Å². The van der Waals surface area contributed by atoms with E-state index in [4.69, 9.17) is 0 Å². The van der Waals surface area contributed by atoms with Gasteiger partial charge in [0.25, 0.3) is 0 Å². The van der Waals surface area contributed by atoms with Gasteiger partial charge in [0.05, 0.1) is 5.60 Å². The van der Waals surface area contributed by atoms with Crippen LogP contribution < -0.4 is 5.32 Å². The van der Waals surface area contributed by atoms with Gasteiger partial charge in [-0.3, -0.25) is 0 Å². The lowest BCUT2D eigenvalue weighted by molar-refractivity contribution is 0.0339. The minimum Gasteiger partial charge on any atom is -0.389 e. The lowest BCUT2D eigenvalue weighted by Gasteiger charge is -2.32. The molecule has 17 heavy (non-hydrogen) atoms. The Kier molecular flexibility index (Phi) is 4.48. The molecule has 2 N–H and O–H groups in total. The Morgan fingerprint density at radius 3 is 2.82 bits per heavy atom. The van der Waals surface area contributed by atoms with Crippen molar-refractivity contribution in [3.63, 3.8) is 0 Å². The highest BCUT2D eigenvalue weighted by Gasteiger charge is 2.28. The van der Waals surface area contributed by atoms with Gasteiger partial charge in [-0.2, -0.15) is 11.8 Å². The highest BCUT2D eigenvalue weighted by Crippen LogP contribution is 2.25. The predicted octanol–water partition coefficient (Wildman–Crippen LogP) is 2.34. The van der Waals surface area contributed by atoms with E-state index in [0.29, 0.717) is 0 Å². The fraction of sp³-hybridized carbons (Fsp3) is 0.571. The van der Waals surface area contributed by atoms with E-state index >= 15 is 0 Å². The fourth-order valence-electron chi connectivity index (χ4n) is 2.20. The number of hydrogen-bond donors (Lipinski definition) is 2. The molecule has 2 nitrogen and oxygen atoms in total. The van der Waals surface area contributed by atoms with Crippen LogP contribution in [-0.4, -0.2) is 29.5 Å². The summed E-state index contributed by atoms with van der Waals surface area (Å²) in [5, 5.41) is 13.6. The maximum Gasteiger partial charge on any atom is 0.0762 e. The van der Waals surface area contributed by atoms with Crippen molar-refractivity contribution in [2.24, 2.45) is 0 Å². The van der Waals surface area contributed by atoms with E-state index in [1.165, 1.54) is 11.1 Å². The molecule has 1 aliphatic rings. The quantitative estimate of drug-likeness (QED) is 0.861. The summed E-state index contributed by atoms with van der Waals surface area (Å²) in [7, 11) is 0. The van der Waals surface area contributed by atoms with E-state index in [-0.39, 0.29) is 0 Å². The van der Waals surface area contributed by atoms with Gasteiger partial charge in [0.2, 0.25) is 0 Å². The largest absolute Gasteiger partial charge is 0.389 e.